The molecule has 1 aliphatic rings. The van der Waals surface area contributed by atoms with Crippen LogP contribution in [0.3, 0.4) is 0 Å². The van der Waals surface area contributed by atoms with Gasteiger partial charge in [-0.2, -0.15) is 0 Å². The molecule has 102 valence electrons. The zero-order chi connectivity index (χ0) is 13.9. The van der Waals surface area contributed by atoms with E-state index in [2.05, 4.69) is 5.32 Å². The largest absolute Gasteiger partial charge is 0.464 e. The third kappa shape index (κ3) is 2.50. The molecule has 1 fully saturated rings. The second kappa shape index (κ2) is 5.33. The van der Waals surface area contributed by atoms with Crippen molar-refractivity contribution in [3.63, 3.8) is 0 Å². The molecule has 0 bridgehead atoms. The van der Waals surface area contributed by atoms with Gasteiger partial charge in [-0.25, -0.2) is 4.79 Å². The number of carbonyl (C=O) groups excluding carboxylic acids is 2. The van der Waals surface area contributed by atoms with Crippen LogP contribution < -0.4 is 5.32 Å². The molecule has 3 rings (SSSR count). The van der Waals surface area contributed by atoms with E-state index in [1.54, 1.807) is 0 Å². The average molecular weight is 269 g/mol. The molecule has 0 aromatic heterocycles. The van der Waals surface area contributed by atoms with Gasteiger partial charge in [0.25, 0.3) is 0 Å². The summed E-state index contributed by atoms with van der Waals surface area (Å²) in [5.74, 6) is -0.485. The Hall–Kier alpha value is -2.36. The lowest BCUT2D eigenvalue weighted by Crippen LogP contribution is -2.38. The quantitative estimate of drug-likeness (QED) is 0.865. The summed E-state index contributed by atoms with van der Waals surface area (Å²) in [6.07, 6.45) is 0.825. The minimum atomic E-state index is -0.488. The van der Waals surface area contributed by atoms with Gasteiger partial charge in [0.1, 0.15) is 6.04 Å². The number of hydrogen-bond acceptors (Lipinski definition) is 3. The molecule has 1 atom stereocenters. The fraction of sp³-hybridized carbons (Fsp3) is 0.250. The van der Waals surface area contributed by atoms with Crippen LogP contribution in [0.15, 0.2) is 42.5 Å². The van der Waals surface area contributed by atoms with Crippen LogP contribution >= 0.6 is 0 Å². The summed E-state index contributed by atoms with van der Waals surface area (Å²) >= 11 is 0. The molecule has 4 heteroatoms. The van der Waals surface area contributed by atoms with Gasteiger partial charge in [0.2, 0.25) is 5.91 Å². The number of rotatable bonds is 3. The van der Waals surface area contributed by atoms with E-state index < -0.39 is 6.04 Å². The van der Waals surface area contributed by atoms with Crippen molar-refractivity contribution in [2.24, 2.45) is 0 Å². The molecule has 0 saturated carbocycles. The van der Waals surface area contributed by atoms with Crippen molar-refractivity contribution in [3.8, 4) is 0 Å². The molecule has 0 radical (unpaired) electrons. The first kappa shape index (κ1) is 12.7. The molecule has 1 saturated heterocycles. The van der Waals surface area contributed by atoms with Crippen molar-refractivity contribution < 1.29 is 14.3 Å². The molecular weight excluding hydrogens is 254 g/mol. The second-order valence-corrected chi connectivity index (χ2v) is 4.89. The van der Waals surface area contributed by atoms with Gasteiger partial charge >= 0.3 is 5.97 Å². The molecule has 1 heterocycles. The van der Waals surface area contributed by atoms with Gasteiger partial charge < -0.3 is 10.1 Å². The zero-order valence-corrected chi connectivity index (χ0v) is 11.0. The maximum absolute atomic E-state index is 12.0. The van der Waals surface area contributed by atoms with Crippen molar-refractivity contribution >= 4 is 22.6 Å². The lowest BCUT2D eigenvalue weighted by molar-refractivity contribution is -0.141. The fourth-order valence-electron chi connectivity index (χ4n) is 2.49. The smallest absolute Gasteiger partial charge is 0.328 e. The molecule has 1 aliphatic heterocycles. The monoisotopic (exact) mass is 269 g/mol. The Bertz CT molecular complexity index is 660. The highest BCUT2D eigenvalue weighted by Gasteiger charge is 2.27. The van der Waals surface area contributed by atoms with Crippen molar-refractivity contribution in [1.29, 1.82) is 0 Å². The molecule has 1 N–H and O–H groups in total. The second-order valence-electron chi connectivity index (χ2n) is 4.89. The highest BCUT2D eigenvalue weighted by Crippen LogP contribution is 2.19. The van der Waals surface area contributed by atoms with Gasteiger partial charge in [0, 0.05) is 6.42 Å². The van der Waals surface area contributed by atoms with E-state index >= 15 is 0 Å². The summed E-state index contributed by atoms with van der Waals surface area (Å²) in [5.41, 5.74) is 0.965. The SMILES string of the molecule is O=C(Cc1cccc2ccccc12)N[C@H]1CCOC1=O. The Labute approximate surface area is 116 Å². The molecular formula is C16H15NO3. The van der Waals surface area contributed by atoms with Crippen LogP contribution in [0.5, 0.6) is 0 Å². The third-order valence-electron chi connectivity index (χ3n) is 3.50. The number of esters is 1. The number of amides is 1. The first-order valence-electron chi connectivity index (χ1n) is 6.67. The summed E-state index contributed by atoms with van der Waals surface area (Å²) in [6.45, 7) is 0.387. The Balaban J connectivity index is 1.76. The van der Waals surface area contributed by atoms with E-state index in [1.807, 2.05) is 42.5 Å². The van der Waals surface area contributed by atoms with E-state index in [4.69, 9.17) is 4.74 Å². The van der Waals surface area contributed by atoms with Gasteiger partial charge in [-0.3, -0.25) is 4.79 Å². The number of carbonyl (C=O) groups is 2. The maximum Gasteiger partial charge on any atom is 0.328 e. The van der Waals surface area contributed by atoms with Crippen molar-refractivity contribution in [3.05, 3.63) is 48.0 Å². The Morgan fingerprint density at radius 1 is 1.20 bits per heavy atom. The van der Waals surface area contributed by atoms with Gasteiger partial charge in [0.15, 0.2) is 0 Å². The van der Waals surface area contributed by atoms with E-state index in [0.717, 1.165) is 16.3 Å². The van der Waals surface area contributed by atoms with E-state index in [0.29, 0.717) is 13.0 Å². The first-order chi connectivity index (χ1) is 9.74. The predicted molar refractivity (Wildman–Crippen MR) is 75.2 cm³/mol. The standard InChI is InChI=1S/C16H15NO3/c18-15(17-14-8-9-20-16(14)19)10-12-6-3-5-11-4-1-2-7-13(11)12/h1-7,14H,8-10H2,(H,17,18)/t14-/m0/s1. The van der Waals surface area contributed by atoms with Gasteiger partial charge in [0.05, 0.1) is 13.0 Å². The summed E-state index contributed by atoms with van der Waals surface area (Å²) in [6, 6.07) is 13.4. The summed E-state index contributed by atoms with van der Waals surface area (Å²) in [5, 5.41) is 4.91. The van der Waals surface area contributed by atoms with Crippen LogP contribution in [0.1, 0.15) is 12.0 Å². The lowest BCUT2D eigenvalue weighted by Gasteiger charge is -2.10. The number of hydrogen-bond donors (Lipinski definition) is 1. The first-order valence-corrected chi connectivity index (χ1v) is 6.67. The molecule has 2 aromatic carbocycles. The van der Waals surface area contributed by atoms with E-state index in [1.165, 1.54) is 0 Å². The normalized spacial score (nSPS) is 18.0. The van der Waals surface area contributed by atoms with Crippen molar-refractivity contribution in [2.45, 2.75) is 18.9 Å². The highest BCUT2D eigenvalue weighted by atomic mass is 16.5. The van der Waals surface area contributed by atoms with Crippen LogP contribution in [-0.4, -0.2) is 24.5 Å². The molecule has 0 unspecified atom stereocenters. The van der Waals surface area contributed by atoms with Gasteiger partial charge in [-0.1, -0.05) is 42.5 Å². The third-order valence-corrected chi connectivity index (χ3v) is 3.50. The summed E-state index contributed by atoms with van der Waals surface area (Å²) in [4.78, 5) is 23.4. The molecule has 0 spiro atoms. The van der Waals surface area contributed by atoms with E-state index in [-0.39, 0.29) is 18.3 Å². The van der Waals surface area contributed by atoms with Crippen LogP contribution in [0.25, 0.3) is 10.8 Å². The Morgan fingerprint density at radius 3 is 2.80 bits per heavy atom. The van der Waals surface area contributed by atoms with Crippen LogP contribution in [0.2, 0.25) is 0 Å². The molecule has 0 aliphatic carbocycles. The maximum atomic E-state index is 12.0. The topological polar surface area (TPSA) is 55.4 Å². The van der Waals surface area contributed by atoms with Gasteiger partial charge in [-0.15, -0.1) is 0 Å². The number of ether oxygens (including phenoxy) is 1. The highest BCUT2D eigenvalue weighted by molar-refractivity contribution is 5.91. The van der Waals surface area contributed by atoms with Crippen LogP contribution in [-0.2, 0) is 20.7 Å². The van der Waals surface area contributed by atoms with Gasteiger partial charge in [-0.05, 0) is 16.3 Å². The summed E-state index contributed by atoms with van der Waals surface area (Å²) in [7, 11) is 0. The number of cyclic esters (lactones) is 1. The van der Waals surface area contributed by atoms with Crippen LogP contribution in [0, 0.1) is 0 Å². The Morgan fingerprint density at radius 2 is 2.00 bits per heavy atom. The predicted octanol–water partition coefficient (Wildman–Crippen LogP) is 1.81. The Kier molecular flexibility index (Phi) is 3.37. The lowest BCUT2D eigenvalue weighted by atomic mass is 10.0. The molecule has 4 nitrogen and oxygen atoms in total. The summed E-state index contributed by atoms with van der Waals surface area (Å²) < 4.78 is 4.83. The molecule has 2 aromatic rings. The average Bonchev–Trinajstić information content (AvgIpc) is 2.85. The fourth-order valence-corrected chi connectivity index (χ4v) is 2.49. The minimum Gasteiger partial charge on any atom is -0.464 e. The van der Waals surface area contributed by atoms with Crippen LogP contribution in [0.4, 0.5) is 0 Å². The minimum absolute atomic E-state index is 0.148. The molecule has 1 amide bonds. The zero-order valence-electron chi connectivity index (χ0n) is 11.0. The number of nitrogens with one attached hydrogen (secondary N) is 1. The van der Waals surface area contributed by atoms with Crippen molar-refractivity contribution in [1.82, 2.24) is 5.32 Å². The number of fused-ring (bicyclic) bond motifs is 1. The molecule has 20 heavy (non-hydrogen) atoms. The number of benzene rings is 2. The van der Waals surface area contributed by atoms with Crippen molar-refractivity contribution in [2.75, 3.05) is 6.61 Å². The van der Waals surface area contributed by atoms with E-state index in [9.17, 15) is 9.59 Å².